The van der Waals surface area contributed by atoms with Crippen molar-refractivity contribution in [3.8, 4) is 11.4 Å². The molecular formula is C14H21N5OS. The Bertz CT molecular complexity index is 748. The van der Waals surface area contributed by atoms with Gasteiger partial charge in [-0.25, -0.2) is 4.68 Å². The Morgan fingerprint density at radius 2 is 2.00 bits per heavy atom. The van der Waals surface area contributed by atoms with E-state index in [2.05, 4.69) is 54.9 Å². The monoisotopic (exact) mass is 307 g/mol. The van der Waals surface area contributed by atoms with Crippen LogP contribution in [-0.4, -0.2) is 25.0 Å². The molecule has 21 heavy (non-hydrogen) atoms. The average molecular weight is 307 g/mol. The van der Waals surface area contributed by atoms with Crippen molar-refractivity contribution in [3.63, 3.8) is 0 Å². The average Bonchev–Trinajstić information content (AvgIpc) is 2.76. The fraction of sp³-hybridized carbons (Fsp3) is 0.571. The Morgan fingerprint density at radius 3 is 2.48 bits per heavy atom. The van der Waals surface area contributed by atoms with E-state index in [-0.39, 0.29) is 11.0 Å². The summed E-state index contributed by atoms with van der Waals surface area (Å²) in [5.74, 6) is 0.784. The lowest BCUT2D eigenvalue weighted by Crippen LogP contribution is -2.30. The van der Waals surface area contributed by atoms with Crippen molar-refractivity contribution in [1.29, 1.82) is 0 Å². The summed E-state index contributed by atoms with van der Waals surface area (Å²) in [4.78, 5) is 16.7. The molecule has 2 rings (SSSR count). The zero-order chi connectivity index (χ0) is 15.8. The van der Waals surface area contributed by atoms with Gasteiger partial charge in [-0.3, -0.25) is 15.0 Å². The predicted molar refractivity (Wildman–Crippen MR) is 84.8 cm³/mol. The van der Waals surface area contributed by atoms with Gasteiger partial charge in [-0.1, -0.05) is 34.6 Å². The molecule has 0 spiro atoms. The first-order chi connectivity index (χ1) is 9.68. The number of rotatable bonds is 3. The molecule has 2 heterocycles. The first-order valence-corrected chi connectivity index (χ1v) is 7.37. The molecule has 0 aliphatic carbocycles. The molecule has 114 valence electrons. The maximum absolute atomic E-state index is 12.6. The topological polar surface area (TPSA) is 79.4 Å². The lowest BCUT2D eigenvalue weighted by molar-refractivity contribution is 0.439. The van der Waals surface area contributed by atoms with Gasteiger partial charge in [0.05, 0.1) is 11.3 Å². The minimum Gasteiger partial charge on any atom is -0.281 e. The highest BCUT2D eigenvalue weighted by Crippen LogP contribution is 2.22. The molecule has 0 saturated carbocycles. The third-order valence-corrected chi connectivity index (χ3v) is 3.23. The van der Waals surface area contributed by atoms with E-state index in [0.29, 0.717) is 28.6 Å². The number of H-pyrrole nitrogens is 2. The standard InChI is InChI=1S/C14H21N5OS/c1-8(2)7-19-12(20)9(11-15-13(21)17-16-11)6-10(18-19)14(3,4)5/h6,8H,7H2,1-5H3,(H2,15,16,17,21). The summed E-state index contributed by atoms with van der Waals surface area (Å²) < 4.78 is 1.85. The van der Waals surface area contributed by atoms with Crippen LogP contribution >= 0.6 is 12.2 Å². The summed E-state index contributed by atoms with van der Waals surface area (Å²) in [5, 5.41) is 10.1. The molecule has 0 fully saturated rings. The Labute approximate surface area is 128 Å². The largest absolute Gasteiger partial charge is 0.281 e. The summed E-state index contributed by atoms with van der Waals surface area (Å²) in [5.41, 5.74) is 1.02. The third-order valence-electron chi connectivity index (χ3n) is 3.04. The van der Waals surface area contributed by atoms with Crippen LogP contribution in [0.4, 0.5) is 0 Å². The van der Waals surface area contributed by atoms with Gasteiger partial charge in [0.15, 0.2) is 5.82 Å². The summed E-state index contributed by atoms with van der Waals surface area (Å²) in [6, 6.07) is 1.79. The number of nitrogens with one attached hydrogen (secondary N) is 2. The number of aromatic amines is 2. The van der Waals surface area contributed by atoms with Gasteiger partial charge in [0.1, 0.15) is 0 Å². The molecule has 0 atom stereocenters. The Balaban J connectivity index is 2.68. The van der Waals surface area contributed by atoms with Crippen LogP contribution in [0.25, 0.3) is 11.4 Å². The maximum atomic E-state index is 12.6. The second-order valence-electron chi connectivity index (χ2n) is 6.59. The Kier molecular flexibility index (Phi) is 4.13. The lowest BCUT2D eigenvalue weighted by atomic mass is 9.91. The highest BCUT2D eigenvalue weighted by Gasteiger charge is 2.21. The van der Waals surface area contributed by atoms with Gasteiger partial charge in [0.2, 0.25) is 4.77 Å². The van der Waals surface area contributed by atoms with Crippen molar-refractivity contribution < 1.29 is 0 Å². The fourth-order valence-corrected chi connectivity index (χ4v) is 2.09. The van der Waals surface area contributed by atoms with Crippen molar-refractivity contribution in [3.05, 3.63) is 26.9 Å². The van der Waals surface area contributed by atoms with Crippen LogP contribution < -0.4 is 5.56 Å². The van der Waals surface area contributed by atoms with Crippen LogP contribution in [0.3, 0.4) is 0 Å². The summed E-state index contributed by atoms with van der Waals surface area (Å²) >= 11 is 4.96. The van der Waals surface area contributed by atoms with Crippen molar-refractivity contribution in [2.24, 2.45) is 5.92 Å². The molecule has 0 radical (unpaired) electrons. The second-order valence-corrected chi connectivity index (χ2v) is 6.98. The number of hydrogen-bond acceptors (Lipinski definition) is 4. The molecule has 0 aliphatic rings. The van der Waals surface area contributed by atoms with Crippen molar-refractivity contribution in [2.75, 3.05) is 0 Å². The van der Waals surface area contributed by atoms with Crippen LogP contribution in [0, 0.1) is 10.7 Å². The summed E-state index contributed by atoms with van der Waals surface area (Å²) in [6.45, 7) is 10.9. The normalized spacial score (nSPS) is 12.1. The fourth-order valence-electron chi connectivity index (χ4n) is 1.95. The molecule has 2 aromatic rings. The molecule has 0 amide bonds. The number of nitrogens with zero attached hydrogens (tertiary/aromatic N) is 3. The van der Waals surface area contributed by atoms with Gasteiger partial charge >= 0.3 is 0 Å². The summed E-state index contributed by atoms with van der Waals surface area (Å²) in [6.07, 6.45) is 0. The zero-order valence-corrected chi connectivity index (χ0v) is 13.8. The lowest BCUT2D eigenvalue weighted by Gasteiger charge is -2.20. The molecule has 2 N–H and O–H groups in total. The second kappa shape index (κ2) is 5.55. The minimum atomic E-state index is -0.158. The van der Waals surface area contributed by atoms with Crippen LogP contribution in [0.5, 0.6) is 0 Å². The molecule has 0 bridgehead atoms. The first kappa shape index (κ1) is 15.6. The summed E-state index contributed by atoms with van der Waals surface area (Å²) in [7, 11) is 0. The van der Waals surface area contributed by atoms with E-state index in [1.54, 1.807) is 6.07 Å². The minimum absolute atomic E-state index is 0.158. The van der Waals surface area contributed by atoms with Crippen LogP contribution in [-0.2, 0) is 12.0 Å². The molecular weight excluding hydrogens is 286 g/mol. The zero-order valence-electron chi connectivity index (χ0n) is 13.0. The maximum Gasteiger partial charge on any atom is 0.277 e. The highest BCUT2D eigenvalue weighted by molar-refractivity contribution is 7.71. The van der Waals surface area contributed by atoms with Gasteiger partial charge in [-0.15, -0.1) is 0 Å². The Morgan fingerprint density at radius 1 is 1.33 bits per heavy atom. The Hall–Kier alpha value is -1.76. The van der Waals surface area contributed by atoms with E-state index in [1.165, 1.54) is 4.68 Å². The van der Waals surface area contributed by atoms with Gasteiger partial charge in [-0.05, 0) is 24.2 Å². The van der Waals surface area contributed by atoms with Gasteiger partial charge in [-0.2, -0.15) is 10.1 Å². The van der Waals surface area contributed by atoms with Crippen LogP contribution in [0.15, 0.2) is 10.9 Å². The van der Waals surface area contributed by atoms with Crippen molar-refractivity contribution >= 4 is 12.2 Å². The first-order valence-electron chi connectivity index (χ1n) is 6.96. The van der Waals surface area contributed by atoms with Crippen LogP contribution in [0.2, 0.25) is 0 Å². The van der Waals surface area contributed by atoms with Gasteiger partial charge in [0.25, 0.3) is 5.56 Å². The highest BCUT2D eigenvalue weighted by atomic mass is 32.1. The molecule has 0 aromatic carbocycles. The third kappa shape index (κ3) is 3.47. The molecule has 7 heteroatoms. The number of hydrogen-bond donors (Lipinski definition) is 2. The van der Waals surface area contributed by atoms with Crippen molar-refractivity contribution in [1.82, 2.24) is 25.0 Å². The quantitative estimate of drug-likeness (QED) is 0.854. The van der Waals surface area contributed by atoms with E-state index < -0.39 is 0 Å². The molecule has 0 aliphatic heterocycles. The predicted octanol–water partition coefficient (Wildman–Crippen LogP) is 2.64. The molecule has 0 saturated heterocycles. The molecule has 0 unspecified atom stereocenters. The smallest absolute Gasteiger partial charge is 0.277 e. The molecule has 6 nitrogen and oxygen atoms in total. The van der Waals surface area contributed by atoms with E-state index in [1.807, 2.05) is 0 Å². The van der Waals surface area contributed by atoms with Crippen molar-refractivity contribution in [2.45, 2.75) is 46.6 Å². The van der Waals surface area contributed by atoms with Gasteiger partial charge in [0, 0.05) is 12.0 Å². The van der Waals surface area contributed by atoms with E-state index >= 15 is 0 Å². The van der Waals surface area contributed by atoms with Crippen LogP contribution in [0.1, 0.15) is 40.3 Å². The van der Waals surface area contributed by atoms with Gasteiger partial charge < -0.3 is 0 Å². The van der Waals surface area contributed by atoms with E-state index in [4.69, 9.17) is 12.2 Å². The number of aromatic nitrogens is 5. The van der Waals surface area contributed by atoms with E-state index in [0.717, 1.165) is 5.69 Å². The van der Waals surface area contributed by atoms with E-state index in [9.17, 15) is 4.79 Å². The SMILES string of the molecule is CC(C)Cn1nc(C(C)(C)C)cc(-c2nc(=S)[nH][nH]2)c1=O. The molecule has 2 aromatic heterocycles.